The van der Waals surface area contributed by atoms with Crippen LogP contribution in [-0.2, 0) is 15.8 Å². The molecule has 0 aliphatic rings. The van der Waals surface area contributed by atoms with E-state index in [9.17, 15) is 8.42 Å². The fourth-order valence-electron chi connectivity index (χ4n) is 1.14. The van der Waals surface area contributed by atoms with Crippen LogP contribution in [0.25, 0.3) is 0 Å². The Kier molecular flexibility index (Phi) is 5.87. The minimum atomic E-state index is -3.03. The van der Waals surface area contributed by atoms with Crippen LogP contribution in [0, 0.1) is 0 Å². The fourth-order valence-corrected chi connectivity index (χ4v) is 2.70. The molecule has 0 saturated carbocycles. The van der Waals surface area contributed by atoms with Crippen LogP contribution in [0.5, 0.6) is 0 Å². The molecule has 0 heterocycles. The van der Waals surface area contributed by atoms with Crippen molar-refractivity contribution in [2.45, 2.75) is 12.7 Å². The maximum atomic E-state index is 11.1. The van der Waals surface area contributed by atoms with Crippen molar-refractivity contribution in [3.05, 3.63) is 35.9 Å². The Morgan fingerprint density at radius 1 is 1.25 bits per heavy atom. The summed E-state index contributed by atoms with van der Waals surface area (Å²) in [4.78, 5) is 0. The van der Waals surface area contributed by atoms with Gasteiger partial charge in [0.25, 0.3) is 0 Å². The molecule has 0 aromatic heterocycles. The van der Waals surface area contributed by atoms with Crippen LogP contribution in [0.1, 0.15) is 12.5 Å². The van der Waals surface area contributed by atoms with Crippen molar-refractivity contribution in [2.24, 2.45) is 0 Å². The molecular weight excluding hydrogens is 242 g/mol. The number of benzene rings is 1. The van der Waals surface area contributed by atoms with Crippen molar-refractivity contribution in [1.29, 1.82) is 0 Å². The highest BCUT2D eigenvalue weighted by Crippen LogP contribution is 2.10. The summed E-state index contributed by atoms with van der Waals surface area (Å²) in [6.07, 6.45) is 0. The van der Waals surface area contributed by atoms with Gasteiger partial charge in [-0.25, -0.2) is 13.1 Å². The normalized spacial score (nSPS) is 11.6. The molecule has 1 aromatic carbocycles. The third kappa shape index (κ3) is 5.53. The van der Waals surface area contributed by atoms with Crippen LogP contribution in [-0.4, -0.2) is 26.5 Å². The molecule has 0 amide bonds. The first-order valence-electron chi connectivity index (χ1n) is 5.23. The first-order valence-corrected chi connectivity index (χ1v) is 8.04. The van der Waals surface area contributed by atoms with Gasteiger partial charge < -0.3 is 0 Å². The SMILES string of the molecule is CCS(=O)(=O)NCCSCc1ccccc1. The van der Waals surface area contributed by atoms with Crippen LogP contribution in [0.2, 0.25) is 0 Å². The lowest BCUT2D eigenvalue weighted by molar-refractivity contribution is 0.585. The standard InChI is InChI=1S/C11H17NO2S2/c1-2-16(13,14)12-8-9-15-10-11-6-4-3-5-7-11/h3-7,12H,2,8-10H2,1H3. The smallest absolute Gasteiger partial charge is 0.211 e. The first-order chi connectivity index (χ1) is 7.64. The van der Waals surface area contributed by atoms with Gasteiger partial charge in [-0.2, -0.15) is 11.8 Å². The van der Waals surface area contributed by atoms with Gasteiger partial charge in [-0.15, -0.1) is 0 Å². The lowest BCUT2D eigenvalue weighted by atomic mass is 10.2. The fraction of sp³-hybridized carbons (Fsp3) is 0.455. The van der Waals surface area contributed by atoms with Crippen LogP contribution in [0.15, 0.2) is 30.3 Å². The van der Waals surface area contributed by atoms with Crippen molar-refractivity contribution in [3.63, 3.8) is 0 Å². The molecule has 3 nitrogen and oxygen atoms in total. The minimum Gasteiger partial charge on any atom is -0.214 e. The molecule has 1 aromatic rings. The van der Waals surface area contributed by atoms with Gasteiger partial charge in [-0.05, 0) is 12.5 Å². The zero-order valence-corrected chi connectivity index (χ0v) is 11.0. The van der Waals surface area contributed by atoms with Crippen LogP contribution >= 0.6 is 11.8 Å². The number of nitrogens with one attached hydrogen (secondary N) is 1. The third-order valence-electron chi connectivity index (χ3n) is 2.06. The monoisotopic (exact) mass is 259 g/mol. The van der Waals surface area contributed by atoms with Gasteiger partial charge in [0, 0.05) is 18.1 Å². The maximum Gasteiger partial charge on any atom is 0.211 e. The molecule has 0 spiro atoms. The second-order valence-electron chi connectivity index (χ2n) is 3.34. The molecule has 1 rings (SSSR count). The molecule has 0 fully saturated rings. The van der Waals surface area contributed by atoms with Gasteiger partial charge in [0.1, 0.15) is 0 Å². The summed E-state index contributed by atoms with van der Waals surface area (Å²) in [7, 11) is -3.03. The molecule has 0 aliphatic heterocycles. The van der Waals surface area contributed by atoms with E-state index in [0.717, 1.165) is 11.5 Å². The van der Waals surface area contributed by atoms with E-state index in [2.05, 4.69) is 16.9 Å². The molecule has 0 aliphatic carbocycles. The Labute approximate surface area is 102 Å². The van der Waals surface area contributed by atoms with E-state index in [-0.39, 0.29) is 5.75 Å². The largest absolute Gasteiger partial charge is 0.214 e. The third-order valence-corrected chi connectivity index (χ3v) is 4.49. The molecule has 0 atom stereocenters. The Bertz CT molecular complexity index is 390. The average Bonchev–Trinajstić information content (AvgIpc) is 2.30. The van der Waals surface area contributed by atoms with E-state index in [1.165, 1.54) is 5.56 Å². The topological polar surface area (TPSA) is 46.2 Å². The second kappa shape index (κ2) is 6.93. The highest BCUT2D eigenvalue weighted by molar-refractivity contribution is 7.98. The van der Waals surface area contributed by atoms with Crippen LogP contribution in [0.4, 0.5) is 0 Å². The number of hydrogen-bond acceptors (Lipinski definition) is 3. The number of rotatable bonds is 7. The molecule has 16 heavy (non-hydrogen) atoms. The van der Waals surface area contributed by atoms with E-state index >= 15 is 0 Å². The van der Waals surface area contributed by atoms with E-state index in [4.69, 9.17) is 0 Å². The van der Waals surface area contributed by atoms with E-state index in [1.54, 1.807) is 18.7 Å². The van der Waals surface area contributed by atoms with Crippen molar-refractivity contribution >= 4 is 21.8 Å². The summed E-state index contributed by atoms with van der Waals surface area (Å²) >= 11 is 1.73. The Balaban J connectivity index is 2.14. The van der Waals surface area contributed by atoms with Crippen molar-refractivity contribution in [1.82, 2.24) is 4.72 Å². The molecule has 0 bridgehead atoms. The lowest BCUT2D eigenvalue weighted by Gasteiger charge is -2.04. The molecule has 0 radical (unpaired) electrons. The van der Waals surface area contributed by atoms with Crippen molar-refractivity contribution in [2.75, 3.05) is 18.1 Å². The predicted molar refractivity (Wildman–Crippen MR) is 70.1 cm³/mol. The van der Waals surface area contributed by atoms with Gasteiger partial charge in [0.2, 0.25) is 10.0 Å². The number of sulfonamides is 1. The molecule has 1 N–H and O–H groups in total. The maximum absolute atomic E-state index is 11.1. The van der Waals surface area contributed by atoms with Gasteiger partial charge in [0.15, 0.2) is 0 Å². The quantitative estimate of drug-likeness (QED) is 0.760. The summed E-state index contributed by atoms with van der Waals surface area (Å²) in [6.45, 7) is 2.15. The van der Waals surface area contributed by atoms with Gasteiger partial charge in [0.05, 0.1) is 5.75 Å². The summed E-state index contributed by atoms with van der Waals surface area (Å²) < 4.78 is 24.8. The van der Waals surface area contributed by atoms with Crippen molar-refractivity contribution in [3.8, 4) is 0 Å². The van der Waals surface area contributed by atoms with Crippen LogP contribution in [0.3, 0.4) is 0 Å². The summed E-state index contributed by atoms with van der Waals surface area (Å²) in [5.41, 5.74) is 1.27. The predicted octanol–water partition coefficient (Wildman–Crippen LogP) is 1.86. The van der Waals surface area contributed by atoms with Crippen molar-refractivity contribution < 1.29 is 8.42 Å². The highest BCUT2D eigenvalue weighted by Gasteiger charge is 2.04. The minimum absolute atomic E-state index is 0.149. The zero-order chi connectivity index (χ0) is 11.9. The van der Waals surface area contributed by atoms with E-state index in [0.29, 0.717) is 6.54 Å². The Morgan fingerprint density at radius 2 is 1.94 bits per heavy atom. The first kappa shape index (κ1) is 13.5. The Hall–Kier alpha value is -0.520. The second-order valence-corrected chi connectivity index (χ2v) is 6.54. The van der Waals surface area contributed by atoms with E-state index in [1.807, 2.05) is 18.2 Å². The lowest BCUT2D eigenvalue weighted by Crippen LogP contribution is -2.27. The zero-order valence-electron chi connectivity index (χ0n) is 9.35. The molecule has 0 unspecified atom stereocenters. The highest BCUT2D eigenvalue weighted by atomic mass is 32.2. The average molecular weight is 259 g/mol. The molecule has 0 saturated heterocycles. The summed E-state index contributed by atoms with van der Waals surface area (Å²) in [5.74, 6) is 1.87. The van der Waals surface area contributed by atoms with Gasteiger partial charge >= 0.3 is 0 Å². The van der Waals surface area contributed by atoms with Gasteiger partial charge in [-0.3, -0.25) is 0 Å². The Morgan fingerprint density at radius 3 is 2.56 bits per heavy atom. The summed E-state index contributed by atoms with van der Waals surface area (Å²) in [6, 6.07) is 10.2. The number of hydrogen-bond donors (Lipinski definition) is 1. The van der Waals surface area contributed by atoms with Gasteiger partial charge in [-0.1, -0.05) is 30.3 Å². The van der Waals surface area contributed by atoms with E-state index < -0.39 is 10.0 Å². The summed E-state index contributed by atoms with van der Waals surface area (Å²) in [5, 5.41) is 0. The molecule has 5 heteroatoms. The van der Waals surface area contributed by atoms with Crippen LogP contribution < -0.4 is 4.72 Å². The molecular formula is C11H17NO2S2. The molecule has 90 valence electrons. The number of thioether (sulfide) groups is 1.